The molecule has 0 saturated carbocycles. The summed E-state index contributed by atoms with van der Waals surface area (Å²) >= 11 is 0. The van der Waals surface area contributed by atoms with E-state index in [2.05, 4.69) is 57.5 Å². The van der Waals surface area contributed by atoms with Gasteiger partial charge < -0.3 is 9.32 Å². The average Bonchev–Trinajstić information content (AvgIpc) is 3.48. The van der Waals surface area contributed by atoms with E-state index in [-0.39, 0.29) is 23.3 Å². The third-order valence-corrected chi connectivity index (χ3v) is 7.49. The van der Waals surface area contributed by atoms with Gasteiger partial charge in [-0.25, -0.2) is 0 Å². The number of nitrogens with zero attached hydrogens (tertiary/aromatic N) is 7. The summed E-state index contributed by atoms with van der Waals surface area (Å²) in [6.45, 7) is 13.7. The van der Waals surface area contributed by atoms with Gasteiger partial charge in [-0.05, 0) is 51.6 Å². The van der Waals surface area contributed by atoms with E-state index in [9.17, 15) is 4.79 Å². The summed E-state index contributed by atoms with van der Waals surface area (Å²) in [6, 6.07) is 0.00507. The molecule has 1 atom stereocenters. The maximum atomic E-state index is 12.6. The molecule has 2 fully saturated rings. The quantitative estimate of drug-likeness (QED) is 0.632. The first-order valence-corrected chi connectivity index (χ1v) is 12.2. The van der Waals surface area contributed by atoms with Gasteiger partial charge in [0.1, 0.15) is 0 Å². The monoisotopic (exact) mass is 457 g/mol. The molecule has 9 nitrogen and oxygen atoms in total. The summed E-state index contributed by atoms with van der Waals surface area (Å²) in [5.74, 6) is 1.64. The largest absolute Gasteiger partial charge is 0.423 e. The van der Waals surface area contributed by atoms with Crippen molar-refractivity contribution in [2.24, 2.45) is 5.41 Å². The van der Waals surface area contributed by atoms with Crippen molar-refractivity contribution in [1.82, 2.24) is 34.7 Å². The van der Waals surface area contributed by atoms with Gasteiger partial charge in [-0.15, -0.1) is 10.2 Å². The molecule has 2 aliphatic heterocycles. The average molecular weight is 458 g/mol. The van der Waals surface area contributed by atoms with Crippen LogP contribution in [0.5, 0.6) is 0 Å². The summed E-state index contributed by atoms with van der Waals surface area (Å²) in [4.78, 5) is 19.1. The number of hydrogen-bond donors (Lipinski definition) is 0. The van der Waals surface area contributed by atoms with E-state index in [1.807, 2.05) is 20.3 Å². The van der Waals surface area contributed by atoms with Crippen LogP contribution in [0, 0.1) is 12.3 Å². The predicted octanol–water partition coefficient (Wildman–Crippen LogP) is 2.84. The van der Waals surface area contributed by atoms with Crippen molar-refractivity contribution in [1.29, 1.82) is 0 Å². The summed E-state index contributed by atoms with van der Waals surface area (Å²) in [5, 5.41) is 13.2. The molecule has 0 aromatic carbocycles. The number of likely N-dealkylation sites (tertiary alicyclic amines) is 2. The molecule has 2 aromatic rings. The number of likely N-dealkylation sites (N-methyl/N-ethyl adjacent to an activating group) is 1. The van der Waals surface area contributed by atoms with E-state index < -0.39 is 0 Å². The summed E-state index contributed by atoms with van der Waals surface area (Å²) < 4.78 is 8.12. The van der Waals surface area contributed by atoms with Gasteiger partial charge in [-0.2, -0.15) is 5.10 Å². The highest BCUT2D eigenvalue weighted by Gasteiger charge is 2.48. The lowest BCUT2D eigenvalue weighted by molar-refractivity contribution is -0.130. The van der Waals surface area contributed by atoms with E-state index in [0.717, 1.165) is 52.0 Å². The molecule has 1 amide bonds. The molecule has 33 heavy (non-hydrogen) atoms. The van der Waals surface area contributed by atoms with Crippen LogP contribution in [0.25, 0.3) is 0 Å². The molecule has 2 aliphatic rings. The fourth-order valence-electron chi connectivity index (χ4n) is 5.23. The zero-order valence-corrected chi connectivity index (χ0v) is 21.0. The maximum absolute atomic E-state index is 12.6. The maximum Gasteiger partial charge on any atom is 0.236 e. The standard InChI is InChI=1S/C24H39N7O2/c1-7-31-18(4)19(13-25-31)14-29-10-8-24(9-11-29)12-20(23-27-26-22(33-23)17(2)3)30(16-24)15-21(32)28(5)6/h13,17,20H,7-12,14-16H2,1-6H3. The molecular formula is C24H39N7O2. The van der Waals surface area contributed by atoms with Crippen molar-refractivity contribution in [2.45, 2.75) is 72.0 Å². The van der Waals surface area contributed by atoms with Crippen LogP contribution in [0.4, 0.5) is 0 Å². The van der Waals surface area contributed by atoms with Gasteiger partial charge in [0.25, 0.3) is 0 Å². The van der Waals surface area contributed by atoms with Gasteiger partial charge in [0.2, 0.25) is 17.7 Å². The number of carbonyl (C=O) groups excluding carboxylic acids is 1. The van der Waals surface area contributed by atoms with Gasteiger partial charge in [-0.3, -0.25) is 19.3 Å². The minimum Gasteiger partial charge on any atom is -0.423 e. The summed E-state index contributed by atoms with van der Waals surface area (Å²) in [7, 11) is 3.63. The Kier molecular flexibility index (Phi) is 6.91. The molecule has 0 aliphatic carbocycles. The zero-order valence-electron chi connectivity index (χ0n) is 21.0. The SMILES string of the molecule is CCn1ncc(CN2CCC3(CC2)CC(c2nnc(C(C)C)o2)N(CC(=O)N(C)C)C3)c1C. The number of aryl methyl sites for hydroxylation is 1. The van der Waals surface area contributed by atoms with Crippen LogP contribution in [0.3, 0.4) is 0 Å². The summed E-state index contributed by atoms with van der Waals surface area (Å²) in [5.41, 5.74) is 2.77. The van der Waals surface area contributed by atoms with Gasteiger partial charge in [0.05, 0.1) is 18.8 Å². The highest BCUT2D eigenvalue weighted by atomic mass is 16.4. The van der Waals surface area contributed by atoms with Gasteiger partial charge in [-0.1, -0.05) is 13.8 Å². The van der Waals surface area contributed by atoms with Crippen molar-refractivity contribution in [2.75, 3.05) is 40.3 Å². The Labute approximate surface area is 197 Å². The number of amides is 1. The molecule has 2 aromatic heterocycles. The van der Waals surface area contributed by atoms with E-state index in [0.29, 0.717) is 18.3 Å². The van der Waals surface area contributed by atoms with Crippen molar-refractivity contribution in [3.8, 4) is 0 Å². The van der Waals surface area contributed by atoms with Crippen LogP contribution < -0.4 is 0 Å². The van der Waals surface area contributed by atoms with Crippen molar-refractivity contribution < 1.29 is 9.21 Å². The Morgan fingerprint density at radius 3 is 2.58 bits per heavy atom. The van der Waals surface area contributed by atoms with Crippen LogP contribution in [-0.4, -0.2) is 80.9 Å². The Bertz CT molecular complexity index is 956. The molecule has 4 heterocycles. The van der Waals surface area contributed by atoms with Crippen molar-refractivity contribution in [3.63, 3.8) is 0 Å². The first kappa shape index (κ1) is 23.9. The molecule has 4 rings (SSSR count). The van der Waals surface area contributed by atoms with E-state index in [1.165, 1.54) is 11.3 Å². The first-order valence-electron chi connectivity index (χ1n) is 12.2. The lowest BCUT2D eigenvalue weighted by Crippen LogP contribution is -2.42. The van der Waals surface area contributed by atoms with E-state index in [4.69, 9.17) is 4.42 Å². The Balaban J connectivity index is 1.46. The fourth-order valence-corrected chi connectivity index (χ4v) is 5.23. The smallest absolute Gasteiger partial charge is 0.236 e. The zero-order chi connectivity index (χ0) is 23.8. The van der Waals surface area contributed by atoms with Crippen LogP contribution in [0.1, 0.15) is 75.0 Å². The van der Waals surface area contributed by atoms with Gasteiger partial charge in [0.15, 0.2) is 0 Å². The Hall–Kier alpha value is -2.26. The second-order valence-corrected chi connectivity index (χ2v) is 10.4. The second kappa shape index (κ2) is 9.54. The predicted molar refractivity (Wildman–Crippen MR) is 126 cm³/mol. The molecule has 182 valence electrons. The number of piperidine rings is 1. The number of carbonyl (C=O) groups is 1. The number of hydrogen-bond acceptors (Lipinski definition) is 7. The molecule has 0 bridgehead atoms. The molecule has 2 saturated heterocycles. The van der Waals surface area contributed by atoms with E-state index in [1.54, 1.807) is 4.90 Å². The first-order chi connectivity index (χ1) is 15.7. The fraction of sp³-hybridized carbons (Fsp3) is 0.750. The highest BCUT2D eigenvalue weighted by molar-refractivity contribution is 5.77. The highest BCUT2D eigenvalue weighted by Crippen LogP contribution is 2.49. The van der Waals surface area contributed by atoms with Crippen LogP contribution >= 0.6 is 0 Å². The molecular weight excluding hydrogens is 418 g/mol. The normalized spacial score (nSPS) is 21.4. The van der Waals surface area contributed by atoms with Crippen LogP contribution in [0.2, 0.25) is 0 Å². The molecule has 0 N–H and O–H groups in total. The minimum atomic E-state index is 0.00507. The lowest BCUT2D eigenvalue weighted by atomic mass is 9.76. The Morgan fingerprint density at radius 1 is 1.27 bits per heavy atom. The number of aromatic nitrogens is 4. The third kappa shape index (κ3) is 4.99. The summed E-state index contributed by atoms with van der Waals surface area (Å²) in [6.07, 6.45) is 5.21. The third-order valence-electron chi connectivity index (χ3n) is 7.49. The van der Waals surface area contributed by atoms with Crippen molar-refractivity contribution in [3.05, 3.63) is 29.2 Å². The molecule has 1 unspecified atom stereocenters. The molecule has 9 heteroatoms. The van der Waals surface area contributed by atoms with Gasteiger partial charge >= 0.3 is 0 Å². The molecule has 0 radical (unpaired) electrons. The molecule has 1 spiro atoms. The van der Waals surface area contributed by atoms with Gasteiger partial charge in [0, 0.05) is 50.9 Å². The van der Waals surface area contributed by atoms with Crippen LogP contribution in [-0.2, 0) is 17.9 Å². The number of rotatable bonds is 7. The second-order valence-electron chi connectivity index (χ2n) is 10.4. The van der Waals surface area contributed by atoms with E-state index >= 15 is 0 Å². The minimum absolute atomic E-state index is 0.00507. The van der Waals surface area contributed by atoms with Crippen molar-refractivity contribution >= 4 is 5.91 Å². The lowest BCUT2D eigenvalue weighted by Gasteiger charge is -2.39. The topological polar surface area (TPSA) is 83.5 Å². The van der Waals surface area contributed by atoms with Crippen LogP contribution in [0.15, 0.2) is 10.6 Å². The Morgan fingerprint density at radius 2 is 2.00 bits per heavy atom.